The zero-order chi connectivity index (χ0) is 24.5. The van der Waals surface area contributed by atoms with Crippen molar-refractivity contribution in [1.82, 2.24) is 13.7 Å². The molecule has 0 aliphatic heterocycles. The number of nitrogens with two attached hydrogens (primary N) is 1. The van der Waals surface area contributed by atoms with Crippen molar-refractivity contribution in [3.8, 4) is 0 Å². The number of carbonyl (C=O) groups excluding carboxylic acids is 1. The number of thiocarbonyl (C=S) groups is 1. The normalized spacial score (nSPS) is 21.0. The van der Waals surface area contributed by atoms with Gasteiger partial charge in [-0.1, -0.05) is 42.9 Å². The SMILES string of the molecule is Cc1cn2cc(C3(C(N)=S)CCCCC3OC(=O)CN(C)S(=O)(=O)c3ccccc3)ccc2n1. The molecule has 2 heterocycles. The number of rotatable bonds is 7. The van der Waals surface area contributed by atoms with E-state index in [0.717, 1.165) is 34.1 Å². The smallest absolute Gasteiger partial charge is 0.321 e. The average molecular weight is 501 g/mol. The summed E-state index contributed by atoms with van der Waals surface area (Å²) in [7, 11) is -2.46. The van der Waals surface area contributed by atoms with Gasteiger partial charge < -0.3 is 14.9 Å². The Labute approximate surface area is 204 Å². The number of aryl methyl sites for hydroxylation is 1. The zero-order valence-electron chi connectivity index (χ0n) is 19.2. The van der Waals surface area contributed by atoms with Gasteiger partial charge in [0.15, 0.2) is 0 Å². The Morgan fingerprint density at radius 3 is 2.68 bits per heavy atom. The minimum Gasteiger partial charge on any atom is -0.460 e. The third-order valence-electron chi connectivity index (χ3n) is 6.44. The summed E-state index contributed by atoms with van der Waals surface area (Å²) < 4.78 is 34.4. The first-order chi connectivity index (χ1) is 16.1. The maximum Gasteiger partial charge on any atom is 0.321 e. The summed E-state index contributed by atoms with van der Waals surface area (Å²) in [6.07, 6.45) is 6.21. The quantitative estimate of drug-likeness (QED) is 0.393. The Balaban J connectivity index is 1.59. The molecule has 1 saturated carbocycles. The molecule has 180 valence electrons. The summed E-state index contributed by atoms with van der Waals surface area (Å²) in [5.74, 6) is -0.644. The number of fused-ring (bicyclic) bond motifs is 1. The van der Waals surface area contributed by atoms with E-state index in [1.54, 1.807) is 18.2 Å². The van der Waals surface area contributed by atoms with Gasteiger partial charge >= 0.3 is 5.97 Å². The number of benzene rings is 1. The molecule has 0 spiro atoms. The lowest BCUT2D eigenvalue weighted by atomic mass is 9.67. The molecule has 0 saturated heterocycles. The molecule has 2 unspecified atom stereocenters. The molecule has 8 nitrogen and oxygen atoms in total. The molecule has 0 bridgehead atoms. The van der Waals surface area contributed by atoms with Crippen LogP contribution in [0.4, 0.5) is 0 Å². The third kappa shape index (κ3) is 4.45. The predicted molar refractivity (Wildman–Crippen MR) is 133 cm³/mol. The van der Waals surface area contributed by atoms with Gasteiger partial charge in [0.1, 0.15) is 18.3 Å². The zero-order valence-corrected chi connectivity index (χ0v) is 20.8. The maximum absolute atomic E-state index is 12.9. The van der Waals surface area contributed by atoms with Crippen molar-refractivity contribution in [3.05, 3.63) is 66.1 Å². The van der Waals surface area contributed by atoms with E-state index in [9.17, 15) is 13.2 Å². The number of likely N-dealkylation sites (N-methyl/N-ethyl adjacent to an activating group) is 1. The van der Waals surface area contributed by atoms with Gasteiger partial charge in [-0.05, 0) is 49.9 Å². The topological polar surface area (TPSA) is 107 Å². The Morgan fingerprint density at radius 1 is 1.24 bits per heavy atom. The van der Waals surface area contributed by atoms with Crippen molar-refractivity contribution < 1.29 is 17.9 Å². The number of pyridine rings is 1. The van der Waals surface area contributed by atoms with Crippen LogP contribution in [0, 0.1) is 6.92 Å². The van der Waals surface area contributed by atoms with Crippen LogP contribution in [0.3, 0.4) is 0 Å². The van der Waals surface area contributed by atoms with E-state index in [-0.39, 0.29) is 9.88 Å². The molecule has 1 aliphatic rings. The summed E-state index contributed by atoms with van der Waals surface area (Å²) >= 11 is 5.53. The number of aromatic nitrogens is 2. The lowest BCUT2D eigenvalue weighted by Gasteiger charge is -2.43. The van der Waals surface area contributed by atoms with E-state index in [1.807, 2.05) is 35.9 Å². The number of imidazole rings is 1. The van der Waals surface area contributed by atoms with Gasteiger partial charge in [-0.2, -0.15) is 4.31 Å². The first kappa shape index (κ1) is 24.3. The minimum absolute atomic E-state index is 0.115. The van der Waals surface area contributed by atoms with E-state index in [4.69, 9.17) is 22.7 Å². The molecule has 2 atom stereocenters. The van der Waals surface area contributed by atoms with Gasteiger partial charge in [0.05, 0.1) is 21.0 Å². The highest BCUT2D eigenvalue weighted by Gasteiger charge is 2.47. The van der Waals surface area contributed by atoms with Crippen molar-refractivity contribution in [2.24, 2.45) is 5.73 Å². The van der Waals surface area contributed by atoms with Crippen LogP contribution in [0.25, 0.3) is 5.65 Å². The first-order valence-electron chi connectivity index (χ1n) is 11.1. The van der Waals surface area contributed by atoms with E-state index in [1.165, 1.54) is 19.2 Å². The second kappa shape index (κ2) is 9.44. The standard InChI is InChI=1S/C24H28N4O4S2/c1-17-14-28-15-18(11-12-21(28)26-17)24(23(25)33)13-7-6-10-20(24)32-22(29)16-27(2)34(30,31)19-8-4-3-5-9-19/h3-5,8-9,11-12,14-15,20H,6-7,10,13,16H2,1-2H3,(H2,25,33). The summed E-state index contributed by atoms with van der Waals surface area (Å²) in [5.41, 5.74) is 8.01. The lowest BCUT2D eigenvalue weighted by molar-refractivity contribution is -0.153. The maximum atomic E-state index is 12.9. The lowest BCUT2D eigenvalue weighted by Crippen LogP contribution is -2.53. The van der Waals surface area contributed by atoms with E-state index in [0.29, 0.717) is 12.8 Å². The fourth-order valence-electron chi connectivity index (χ4n) is 4.67. The van der Waals surface area contributed by atoms with Crippen LogP contribution in [-0.4, -0.2) is 52.8 Å². The Kier molecular flexibility index (Phi) is 6.75. The van der Waals surface area contributed by atoms with Crippen LogP contribution >= 0.6 is 12.2 Å². The van der Waals surface area contributed by atoms with Gasteiger partial charge in [0.2, 0.25) is 10.0 Å². The molecule has 10 heteroatoms. The van der Waals surface area contributed by atoms with Crippen LogP contribution in [0.5, 0.6) is 0 Å². The van der Waals surface area contributed by atoms with Crippen LogP contribution in [0.1, 0.15) is 36.9 Å². The summed E-state index contributed by atoms with van der Waals surface area (Å²) in [6, 6.07) is 11.8. The Hall–Kier alpha value is -2.82. The number of hydrogen-bond acceptors (Lipinski definition) is 6. The molecule has 2 aromatic heterocycles. The van der Waals surface area contributed by atoms with Crippen LogP contribution in [0.2, 0.25) is 0 Å². The van der Waals surface area contributed by atoms with Crippen LogP contribution in [-0.2, 0) is 25.0 Å². The number of hydrogen-bond donors (Lipinski definition) is 1. The average Bonchev–Trinajstić information content (AvgIpc) is 3.19. The molecule has 1 fully saturated rings. The highest BCUT2D eigenvalue weighted by atomic mass is 32.2. The molecule has 2 N–H and O–H groups in total. The molecular weight excluding hydrogens is 472 g/mol. The second-order valence-corrected chi connectivity index (χ2v) is 11.2. The van der Waals surface area contributed by atoms with Crippen molar-refractivity contribution in [2.75, 3.05) is 13.6 Å². The van der Waals surface area contributed by atoms with Crippen molar-refractivity contribution >= 4 is 38.8 Å². The fraction of sp³-hybridized carbons (Fsp3) is 0.375. The molecule has 3 aromatic rings. The number of ether oxygens (including phenoxy) is 1. The highest BCUT2D eigenvalue weighted by molar-refractivity contribution is 7.89. The fourth-order valence-corrected chi connectivity index (χ4v) is 6.16. The summed E-state index contributed by atoms with van der Waals surface area (Å²) in [6.45, 7) is 1.50. The molecule has 34 heavy (non-hydrogen) atoms. The molecule has 1 aromatic carbocycles. The first-order valence-corrected chi connectivity index (χ1v) is 13.0. The number of carbonyl (C=O) groups is 1. The summed E-state index contributed by atoms with van der Waals surface area (Å²) in [4.78, 5) is 17.8. The Bertz CT molecular complexity index is 1320. The van der Waals surface area contributed by atoms with Crippen molar-refractivity contribution in [3.63, 3.8) is 0 Å². The minimum atomic E-state index is -3.82. The number of nitrogens with zero attached hydrogens (tertiary/aromatic N) is 3. The highest BCUT2D eigenvalue weighted by Crippen LogP contribution is 2.42. The van der Waals surface area contributed by atoms with Crippen LogP contribution < -0.4 is 5.73 Å². The van der Waals surface area contributed by atoms with E-state index >= 15 is 0 Å². The third-order valence-corrected chi connectivity index (χ3v) is 8.62. The monoisotopic (exact) mass is 500 g/mol. The van der Waals surface area contributed by atoms with Gasteiger partial charge in [-0.15, -0.1) is 0 Å². The van der Waals surface area contributed by atoms with E-state index in [2.05, 4.69) is 4.98 Å². The van der Waals surface area contributed by atoms with Gasteiger partial charge in [-0.25, -0.2) is 13.4 Å². The van der Waals surface area contributed by atoms with Gasteiger partial charge in [0, 0.05) is 19.4 Å². The number of esters is 1. The van der Waals surface area contributed by atoms with Crippen molar-refractivity contribution in [1.29, 1.82) is 0 Å². The predicted octanol–water partition coefficient (Wildman–Crippen LogP) is 2.97. The largest absolute Gasteiger partial charge is 0.460 e. The van der Waals surface area contributed by atoms with Gasteiger partial charge in [-0.3, -0.25) is 4.79 Å². The van der Waals surface area contributed by atoms with Crippen LogP contribution in [0.15, 0.2) is 59.8 Å². The van der Waals surface area contributed by atoms with Gasteiger partial charge in [0.25, 0.3) is 0 Å². The molecular formula is C24H28N4O4S2. The molecule has 0 amide bonds. The Morgan fingerprint density at radius 2 is 1.97 bits per heavy atom. The summed E-state index contributed by atoms with van der Waals surface area (Å²) in [5, 5.41) is 0. The van der Waals surface area contributed by atoms with E-state index < -0.39 is 34.1 Å². The molecule has 0 radical (unpaired) electrons. The molecule has 1 aliphatic carbocycles. The van der Waals surface area contributed by atoms with Crippen molar-refractivity contribution in [2.45, 2.75) is 49.0 Å². The second-order valence-electron chi connectivity index (χ2n) is 8.70. The molecule has 4 rings (SSSR count). The number of sulfonamides is 1.